The van der Waals surface area contributed by atoms with Gasteiger partial charge in [-0.05, 0) is 5.56 Å². The van der Waals surface area contributed by atoms with Gasteiger partial charge in [-0.15, -0.1) is 0 Å². The lowest BCUT2D eigenvalue weighted by atomic mass is 10.1. The van der Waals surface area contributed by atoms with Gasteiger partial charge in [0.1, 0.15) is 0 Å². The molecule has 0 aromatic heterocycles. The molecular formula is C16H21NO5. The van der Waals surface area contributed by atoms with E-state index in [4.69, 9.17) is 14.6 Å². The summed E-state index contributed by atoms with van der Waals surface area (Å²) in [6, 6.07) is 9.36. The highest BCUT2D eigenvalue weighted by Gasteiger charge is 2.28. The summed E-state index contributed by atoms with van der Waals surface area (Å²) in [5, 5.41) is 8.89. The van der Waals surface area contributed by atoms with Crippen molar-refractivity contribution in [1.82, 2.24) is 4.90 Å². The third kappa shape index (κ3) is 5.13. The van der Waals surface area contributed by atoms with Crippen LogP contribution in [0, 0.1) is 0 Å². The number of benzene rings is 1. The zero-order chi connectivity index (χ0) is 15.8. The summed E-state index contributed by atoms with van der Waals surface area (Å²) in [5.41, 5.74) is 1.06. The van der Waals surface area contributed by atoms with Crippen LogP contribution in [0.2, 0.25) is 0 Å². The molecule has 2 rings (SSSR count). The number of nitrogens with zero attached hydrogens (tertiary/aromatic N) is 1. The SMILES string of the molecule is O=C(O)CC1COCCN1C(=O)CCOCc1ccccc1. The molecule has 0 aliphatic carbocycles. The van der Waals surface area contributed by atoms with E-state index < -0.39 is 5.97 Å². The summed E-state index contributed by atoms with van der Waals surface area (Å²) in [7, 11) is 0. The minimum atomic E-state index is -0.923. The van der Waals surface area contributed by atoms with Crippen LogP contribution in [0.1, 0.15) is 18.4 Å². The number of hydrogen-bond donors (Lipinski definition) is 1. The zero-order valence-corrected chi connectivity index (χ0v) is 12.4. The number of carboxylic acid groups (broad SMARTS) is 1. The van der Waals surface area contributed by atoms with Crippen molar-refractivity contribution in [3.63, 3.8) is 0 Å². The third-order valence-corrected chi connectivity index (χ3v) is 3.53. The lowest BCUT2D eigenvalue weighted by molar-refractivity contribution is -0.147. The first-order valence-corrected chi connectivity index (χ1v) is 7.37. The Hall–Kier alpha value is -1.92. The highest BCUT2D eigenvalue weighted by Crippen LogP contribution is 2.12. The molecule has 1 saturated heterocycles. The second-order valence-electron chi connectivity index (χ2n) is 5.20. The summed E-state index contributed by atoms with van der Waals surface area (Å²) in [6.45, 7) is 1.96. The smallest absolute Gasteiger partial charge is 0.305 e. The summed E-state index contributed by atoms with van der Waals surface area (Å²) in [5.74, 6) is -1.00. The molecule has 1 heterocycles. The summed E-state index contributed by atoms with van der Waals surface area (Å²) < 4.78 is 10.8. The molecule has 1 N–H and O–H groups in total. The molecule has 22 heavy (non-hydrogen) atoms. The van der Waals surface area contributed by atoms with Crippen molar-refractivity contribution in [3.8, 4) is 0 Å². The number of carbonyl (C=O) groups excluding carboxylic acids is 1. The van der Waals surface area contributed by atoms with E-state index in [1.807, 2.05) is 30.3 Å². The standard InChI is InChI=1S/C16H21NO5/c18-15(6-8-21-11-13-4-2-1-3-5-13)17-7-9-22-12-14(17)10-16(19)20/h1-5,14H,6-12H2,(H,19,20). The summed E-state index contributed by atoms with van der Waals surface area (Å²) in [6.07, 6.45) is 0.166. The predicted octanol–water partition coefficient (Wildman–Crippen LogP) is 1.30. The molecular weight excluding hydrogens is 286 g/mol. The molecule has 1 unspecified atom stereocenters. The second kappa shape index (κ2) is 8.51. The second-order valence-corrected chi connectivity index (χ2v) is 5.20. The van der Waals surface area contributed by atoms with E-state index in [0.717, 1.165) is 5.56 Å². The van der Waals surface area contributed by atoms with Gasteiger partial charge in [0.05, 0.1) is 45.3 Å². The molecule has 120 valence electrons. The quantitative estimate of drug-likeness (QED) is 0.768. The van der Waals surface area contributed by atoms with Crippen molar-refractivity contribution in [1.29, 1.82) is 0 Å². The van der Waals surface area contributed by atoms with Gasteiger partial charge < -0.3 is 19.5 Å². The van der Waals surface area contributed by atoms with Crippen LogP contribution in [0.15, 0.2) is 30.3 Å². The molecule has 6 nitrogen and oxygen atoms in total. The van der Waals surface area contributed by atoms with Crippen LogP contribution in [0.5, 0.6) is 0 Å². The fourth-order valence-corrected chi connectivity index (χ4v) is 2.42. The highest BCUT2D eigenvalue weighted by molar-refractivity contribution is 5.78. The Labute approximate surface area is 129 Å². The van der Waals surface area contributed by atoms with Gasteiger partial charge in [-0.25, -0.2) is 0 Å². The lowest BCUT2D eigenvalue weighted by Crippen LogP contribution is -2.49. The molecule has 0 radical (unpaired) electrons. The third-order valence-electron chi connectivity index (χ3n) is 3.53. The maximum absolute atomic E-state index is 12.2. The Morgan fingerprint density at radius 1 is 1.32 bits per heavy atom. The molecule has 0 spiro atoms. The molecule has 1 aliphatic heterocycles. The minimum absolute atomic E-state index is 0.0809. The molecule has 0 saturated carbocycles. The number of carboxylic acids is 1. The molecule has 0 bridgehead atoms. The highest BCUT2D eigenvalue weighted by atomic mass is 16.5. The fraction of sp³-hybridized carbons (Fsp3) is 0.500. The first-order chi connectivity index (χ1) is 10.7. The summed E-state index contributed by atoms with van der Waals surface area (Å²) in [4.78, 5) is 24.6. The van der Waals surface area contributed by atoms with Crippen molar-refractivity contribution < 1.29 is 24.2 Å². The van der Waals surface area contributed by atoms with Crippen molar-refractivity contribution in [2.75, 3.05) is 26.4 Å². The average molecular weight is 307 g/mol. The van der Waals surface area contributed by atoms with E-state index in [0.29, 0.717) is 26.4 Å². The van der Waals surface area contributed by atoms with Crippen molar-refractivity contribution >= 4 is 11.9 Å². The Morgan fingerprint density at radius 2 is 2.09 bits per heavy atom. The maximum Gasteiger partial charge on any atom is 0.305 e. The molecule has 1 aromatic rings. The van der Waals surface area contributed by atoms with Crippen LogP contribution < -0.4 is 0 Å². The van der Waals surface area contributed by atoms with Gasteiger partial charge in [0, 0.05) is 6.54 Å². The number of carbonyl (C=O) groups is 2. The van der Waals surface area contributed by atoms with Gasteiger partial charge in [-0.2, -0.15) is 0 Å². The lowest BCUT2D eigenvalue weighted by Gasteiger charge is -2.34. The number of morpholine rings is 1. The number of ether oxygens (including phenoxy) is 2. The summed E-state index contributed by atoms with van der Waals surface area (Å²) >= 11 is 0. The fourth-order valence-electron chi connectivity index (χ4n) is 2.42. The number of aliphatic carboxylic acids is 1. The predicted molar refractivity (Wildman–Crippen MR) is 79.3 cm³/mol. The molecule has 1 fully saturated rings. The van der Waals surface area contributed by atoms with E-state index in [1.165, 1.54) is 0 Å². The van der Waals surface area contributed by atoms with Crippen LogP contribution in [-0.4, -0.2) is 54.3 Å². The first kappa shape index (κ1) is 16.5. The van der Waals surface area contributed by atoms with E-state index in [-0.39, 0.29) is 31.4 Å². The van der Waals surface area contributed by atoms with E-state index >= 15 is 0 Å². The Balaban J connectivity index is 1.74. The van der Waals surface area contributed by atoms with Crippen molar-refractivity contribution in [2.24, 2.45) is 0 Å². The topological polar surface area (TPSA) is 76.1 Å². The Bertz CT molecular complexity index is 491. The van der Waals surface area contributed by atoms with Gasteiger partial charge in [0.15, 0.2) is 0 Å². The van der Waals surface area contributed by atoms with E-state index in [1.54, 1.807) is 4.90 Å². The number of amides is 1. The first-order valence-electron chi connectivity index (χ1n) is 7.37. The van der Waals surface area contributed by atoms with Crippen LogP contribution in [0.4, 0.5) is 0 Å². The Morgan fingerprint density at radius 3 is 2.82 bits per heavy atom. The number of rotatable bonds is 7. The van der Waals surface area contributed by atoms with Crippen LogP contribution >= 0.6 is 0 Å². The van der Waals surface area contributed by atoms with Crippen LogP contribution in [0.25, 0.3) is 0 Å². The zero-order valence-electron chi connectivity index (χ0n) is 12.4. The van der Waals surface area contributed by atoms with Gasteiger partial charge >= 0.3 is 5.97 Å². The largest absolute Gasteiger partial charge is 0.481 e. The Kier molecular flexibility index (Phi) is 6.36. The minimum Gasteiger partial charge on any atom is -0.481 e. The molecule has 1 aliphatic rings. The maximum atomic E-state index is 12.2. The molecule has 1 atom stereocenters. The molecule has 1 amide bonds. The molecule has 6 heteroatoms. The van der Waals surface area contributed by atoms with E-state index in [2.05, 4.69) is 0 Å². The van der Waals surface area contributed by atoms with Gasteiger partial charge in [-0.1, -0.05) is 30.3 Å². The van der Waals surface area contributed by atoms with Crippen molar-refractivity contribution in [2.45, 2.75) is 25.5 Å². The monoisotopic (exact) mass is 307 g/mol. The average Bonchev–Trinajstić information content (AvgIpc) is 2.52. The van der Waals surface area contributed by atoms with Crippen LogP contribution in [0.3, 0.4) is 0 Å². The van der Waals surface area contributed by atoms with E-state index in [9.17, 15) is 9.59 Å². The number of hydrogen-bond acceptors (Lipinski definition) is 4. The molecule has 1 aromatic carbocycles. The van der Waals surface area contributed by atoms with Crippen molar-refractivity contribution in [3.05, 3.63) is 35.9 Å². The van der Waals surface area contributed by atoms with Gasteiger partial charge in [-0.3, -0.25) is 9.59 Å². The normalized spacial score (nSPS) is 18.2. The van der Waals surface area contributed by atoms with Crippen LogP contribution in [-0.2, 0) is 25.7 Å². The van der Waals surface area contributed by atoms with Gasteiger partial charge in [0.2, 0.25) is 5.91 Å². The van der Waals surface area contributed by atoms with Gasteiger partial charge in [0.25, 0.3) is 0 Å².